The fourth-order valence-electron chi connectivity index (χ4n) is 1.88. The maximum absolute atomic E-state index is 11.2. The molecule has 1 aliphatic heterocycles. The van der Waals surface area contributed by atoms with Gasteiger partial charge in [-0.05, 0) is 12.0 Å². The van der Waals surface area contributed by atoms with Crippen molar-refractivity contribution in [1.82, 2.24) is 10.2 Å². The van der Waals surface area contributed by atoms with Crippen molar-refractivity contribution in [1.29, 1.82) is 0 Å². The van der Waals surface area contributed by atoms with Crippen molar-refractivity contribution in [3.63, 3.8) is 0 Å². The molecule has 1 N–H and O–H groups in total. The van der Waals surface area contributed by atoms with Gasteiger partial charge in [0.15, 0.2) is 0 Å². The van der Waals surface area contributed by atoms with Crippen LogP contribution in [0.3, 0.4) is 0 Å². The zero-order chi connectivity index (χ0) is 10.1. The third-order valence-corrected chi connectivity index (χ3v) is 2.69. The van der Waals surface area contributed by atoms with Crippen LogP contribution < -0.4 is 5.32 Å². The highest BCUT2D eigenvalue weighted by atomic mass is 16.2. The molecule has 0 saturated carbocycles. The van der Waals surface area contributed by atoms with Crippen LogP contribution in [0, 0.1) is 5.41 Å². The number of hydrogen-bond donors (Lipinski definition) is 1. The van der Waals surface area contributed by atoms with E-state index in [2.05, 4.69) is 37.9 Å². The predicted molar refractivity (Wildman–Crippen MR) is 53.5 cm³/mol. The molecule has 3 heteroatoms. The average Bonchev–Trinajstić information content (AvgIpc) is 2.01. The predicted octanol–water partition coefficient (Wildman–Crippen LogP) is 0.853. The van der Waals surface area contributed by atoms with E-state index in [1.54, 1.807) is 0 Å². The Morgan fingerprint density at radius 2 is 2.15 bits per heavy atom. The Kier molecular flexibility index (Phi) is 2.96. The van der Waals surface area contributed by atoms with Crippen LogP contribution in [0.1, 0.15) is 27.7 Å². The summed E-state index contributed by atoms with van der Waals surface area (Å²) in [6, 6.07) is 0.468. The van der Waals surface area contributed by atoms with E-state index in [1.807, 2.05) is 0 Å². The average molecular weight is 184 g/mol. The summed E-state index contributed by atoms with van der Waals surface area (Å²) in [6.07, 6.45) is 0. The van der Waals surface area contributed by atoms with E-state index in [1.165, 1.54) is 0 Å². The first kappa shape index (κ1) is 10.5. The summed E-state index contributed by atoms with van der Waals surface area (Å²) in [7, 11) is 0. The number of carbonyl (C=O) groups excluding carboxylic acids is 1. The first-order chi connectivity index (χ1) is 5.95. The fraction of sp³-hybridized carbons (Fsp3) is 0.900. The molecule has 0 aromatic carbocycles. The molecule has 1 saturated heterocycles. The lowest BCUT2D eigenvalue weighted by Crippen LogP contribution is -2.58. The molecule has 1 unspecified atom stereocenters. The molecule has 0 bridgehead atoms. The number of carbonyl (C=O) groups is 1. The van der Waals surface area contributed by atoms with Gasteiger partial charge in [-0.2, -0.15) is 0 Å². The number of piperazine rings is 1. The van der Waals surface area contributed by atoms with Gasteiger partial charge in [-0.1, -0.05) is 27.7 Å². The SMILES string of the molecule is CCN1CC(=O)NCC1C(C)(C)C. The Bertz CT molecular complexity index is 196. The number of hydrogen-bond acceptors (Lipinski definition) is 2. The highest BCUT2D eigenvalue weighted by Gasteiger charge is 2.33. The second-order valence-electron chi connectivity index (χ2n) is 4.75. The molecule has 0 radical (unpaired) electrons. The molecule has 1 fully saturated rings. The Labute approximate surface area is 80.5 Å². The summed E-state index contributed by atoms with van der Waals surface area (Å²) in [4.78, 5) is 13.4. The summed E-state index contributed by atoms with van der Waals surface area (Å²) < 4.78 is 0. The van der Waals surface area contributed by atoms with E-state index in [0.717, 1.165) is 13.1 Å². The number of nitrogens with zero attached hydrogens (tertiary/aromatic N) is 1. The summed E-state index contributed by atoms with van der Waals surface area (Å²) in [5.41, 5.74) is 0.240. The molecule has 1 amide bonds. The van der Waals surface area contributed by atoms with Crippen molar-refractivity contribution in [3.05, 3.63) is 0 Å². The lowest BCUT2D eigenvalue weighted by atomic mass is 9.84. The minimum atomic E-state index is 0.155. The fourth-order valence-corrected chi connectivity index (χ4v) is 1.88. The normalized spacial score (nSPS) is 25.8. The van der Waals surface area contributed by atoms with Crippen LogP contribution in [0.4, 0.5) is 0 Å². The van der Waals surface area contributed by atoms with E-state index in [0.29, 0.717) is 12.6 Å². The summed E-state index contributed by atoms with van der Waals surface area (Å²) >= 11 is 0. The quantitative estimate of drug-likeness (QED) is 0.655. The number of nitrogens with one attached hydrogen (secondary N) is 1. The molecular weight excluding hydrogens is 164 g/mol. The molecule has 0 spiro atoms. The number of amides is 1. The van der Waals surface area contributed by atoms with Crippen LogP contribution in [0.25, 0.3) is 0 Å². The van der Waals surface area contributed by atoms with Crippen LogP contribution >= 0.6 is 0 Å². The van der Waals surface area contributed by atoms with Gasteiger partial charge in [-0.25, -0.2) is 0 Å². The third-order valence-electron chi connectivity index (χ3n) is 2.69. The highest BCUT2D eigenvalue weighted by Crippen LogP contribution is 2.25. The topological polar surface area (TPSA) is 32.3 Å². The van der Waals surface area contributed by atoms with E-state index in [9.17, 15) is 4.79 Å². The van der Waals surface area contributed by atoms with E-state index in [-0.39, 0.29) is 11.3 Å². The molecular formula is C10H20N2O. The lowest BCUT2D eigenvalue weighted by Gasteiger charge is -2.42. The maximum atomic E-state index is 11.2. The van der Waals surface area contributed by atoms with Gasteiger partial charge in [0.1, 0.15) is 0 Å². The van der Waals surface area contributed by atoms with E-state index >= 15 is 0 Å². The standard InChI is InChI=1S/C10H20N2O/c1-5-12-7-9(13)11-6-8(12)10(2,3)4/h8H,5-7H2,1-4H3,(H,11,13). The maximum Gasteiger partial charge on any atom is 0.234 e. The Hall–Kier alpha value is -0.570. The first-order valence-corrected chi connectivity index (χ1v) is 4.96. The highest BCUT2D eigenvalue weighted by molar-refractivity contribution is 5.78. The zero-order valence-corrected chi connectivity index (χ0v) is 9.05. The molecule has 76 valence electrons. The van der Waals surface area contributed by atoms with Gasteiger partial charge < -0.3 is 5.32 Å². The van der Waals surface area contributed by atoms with E-state index in [4.69, 9.17) is 0 Å². The van der Waals surface area contributed by atoms with Gasteiger partial charge in [0.25, 0.3) is 0 Å². The van der Waals surface area contributed by atoms with Crippen molar-refractivity contribution in [2.24, 2.45) is 5.41 Å². The van der Waals surface area contributed by atoms with Crippen molar-refractivity contribution < 1.29 is 4.79 Å². The summed E-state index contributed by atoms with van der Waals surface area (Å²) in [5.74, 6) is 0.155. The molecule has 0 aromatic rings. The summed E-state index contributed by atoms with van der Waals surface area (Å²) in [5, 5.41) is 2.92. The monoisotopic (exact) mass is 184 g/mol. The smallest absolute Gasteiger partial charge is 0.234 e. The summed E-state index contributed by atoms with van der Waals surface area (Å²) in [6.45, 7) is 11.1. The minimum Gasteiger partial charge on any atom is -0.353 e. The molecule has 1 rings (SSSR count). The number of likely N-dealkylation sites (N-methyl/N-ethyl adjacent to an activating group) is 1. The number of rotatable bonds is 1. The first-order valence-electron chi connectivity index (χ1n) is 4.96. The van der Waals surface area contributed by atoms with Gasteiger partial charge in [0.2, 0.25) is 5.91 Å². The van der Waals surface area contributed by atoms with Gasteiger partial charge in [0, 0.05) is 12.6 Å². The van der Waals surface area contributed by atoms with Crippen molar-refractivity contribution >= 4 is 5.91 Å². The van der Waals surface area contributed by atoms with E-state index < -0.39 is 0 Å². The van der Waals surface area contributed by atoms with Crippen molar-refractivity contribution in [2.75, 3.05) is 19.6 Å². The van der Waals surface area contributed by atoms with Gasteiger partial charge in [-0.15, -0.1) is 0 Å². The molecule has 13 heavy (non-hydrogen) atoms. The van der Waals surface area contributed by atoms with Gasteiger partial charge >= 0.3 is 0 Å². The van der Waals surface area contributed by atoms with Crippen LogP contribution in [0.5, 0.6) is 0 Å². The van der Waals surface area contributed by atoms with Crippen molar-refractivity contribution in [2.45, 2.75) is 33.7 Å². The minimum absolute atomic E-state index is 0.155. The zero-order valence-electron chi connectivity index (χ0n) is 9.05. The van der Waals surface area contributed by atoms with Crippen molar-refractivity contribution in [3.8, 4) is 0 Å². The molecule has 1 aliphatic rings. The third kappa shape index (κ3) is 2.44. The molecule has 0 aromatic heterocycles. The Morgan fingerprint density at radius 1 is 1.54 bits per heavy atom. The van der Waals surface area contributed by atoms with Crippen LogP contribution in [0.2, 0.25) is 0 Å². The van der Waals surface area contributed by atoms with Gasteiger partial charge in [-0.3, -0.25) is 9.69 Å². The second-order valence-corrected chi connectivity index (χ2v) is 4.75. The van der Waals surface area contributed by atoms with Crippen LogP contribution in [-0.2, 0) is 4.79 Å². The lowest BCUT2D eigenvalue weighted by molar-refractivity contribution is -0.126. The van der Waals surface area contributed by atoms with Crippen LogP contribution in [-0.4, -0.2) is 36.5 Å². The van der Waals surface area contributed by atoms with Gasteiger partial charge in [0.05, 0.1) is 6.54 Å². The molecule has 1 heterocycles. The molecule has 3 nitrogen and oxygen atoms in total. The second kappa shape index (κ2) is 3.66. The Morgan fingerprint density at radius 3 is 2.62 bits per heavy atom. The van der Waals surface area contributed by atoms with Crippen LogP contribution in [0.15, 0.2) is 0 Å². The molecule has 0 aliphatic carbocycles. The molecule has 1 atom stereocenters. The Balaban J connectivity index is 2.68. The largest absolute Gasteiger partial charge is 0.353 e.